The van der Waals surface area contributed by atoms with Gasteiger partial charge in [0.2, 0.25) is 5.91 Å². The normalized spacial score (nSPS) is 14.6. The van der Waals surface area contributed by atoms with E-state index in [0.717, 1.165) is 41.7 Å². The zero-order chi connectivity index (χ0) is 26.2. The van der Waals surface area contributed by atoms with E-state index < -0.39 is 6.04 Å². The van der Waals surface area contributed by atoms with Gasteiger partial charge in [0.1, 0.15) is 11.7 Å². The van der Waals surface area contributed by atoms with Crippen LogP contribution in [0.4, 0.5) is 0 Å². The van der Waals surface area contributed by atoms with E-state index in [4.69, 9.17) is 9.47 Å². The van der Waals surface area contributed by atoms with Gasteiger partial charge >= 0.3 is 0 Å². The van der Waals surface area contributed by atoms with Crippen molar-refractivity contribution in [1.82, 2.24) is 20.2 Å². The summed E-state index contributed by atoms with van der Waals surface area (Å²) in [6.45, 7) is 2.29. The highest BCUT2D eigenvalue weighted by molar-refractivity contribution is 7.10. The van der Waals surface area contributed by atoms with Crippen molar-refractivity contribution in [3.8, 4) is 11.5 Å². The van der Waals surface area contributed by atoms with Gasteiger partial charge in [0.25, 0.3) is 5.91 Å². The number of benzene rings is 1. The average molecular weight is 523 g/mol. The molecule has 4 rings (SSSR count). The van der Waals surface area contributed by atoms with Crippen LogP contribution in [0.2, 0.25) is 0 Å². The lowest BCUT2D eigenvalue weighted by Gasteiger charge is -2.33. The monoisotopic (exact) mass is 522 g/mol. The van der Waals surface area contributed by atoms with Crippen molar-refractivity contribution in [1.29, 1.82) is 0 Å². The van der Waals surface area contributed by atoms with Crippen LogP contribution in [0.5, 0.6) is 11.5 Å². The molecule has 1 fully saturated rings. The first kappa shape index (κ1) is 26.6. The fourth-order valence-corrected chi connectivity index (χ4v) is 5.82. The Morgan fingerprint density at radius 2 is 1.89 bits per heavy atom. The van der Waals surface area contributed by atoms with E-state index in [0.29, 0.717) is 24.5 Å². The highest BCUT2D eigenvalue weighted by atomic mass is 32.1. The van der Waals surface area contributed by atoms with E-state index in [1.165, 1.54) is 36.3 Å². The maximum atomic E-state index is 13.9. The van der Waals surface area contributed by atoms with Crippen LogP contribution >= 0.6 is 11.3 Å². The number of rotatable bonds is 10. The molecular formula is C28H34N4O4S. The van der Waals surface area contributed by atoms with E-state index >= 15 is 0 Å². The number of hydrogen-bond acceptors (Lipinski definition) is 7. The predicted octanol–water partition coefficient (Wildman–Crippen LogP) is 4.74. The summed E-state index contributed by atoms with van der Waals surface area (Å²) < 4.78 is 10.8. The topological polar surface area (TPSA) is 93.7 Å². The third-order valence-electron chi connectivity index (χ3n) is 6.79. The third-order valence-corrected chi connectivity index (χ3v) is 7.87. The number of carbonyl (C=O) groups excluding carboxylic acids is 2. The Kier molecular flexibility index (Phi) is 9.11. The Bertz CT molecular complexity index is 1190. The highest BCUT2D eigenvalue weighted by Crippen LogP contribution is 2.32. The SMILES string of the molecule is COc1ccc(CCN(C(=O)c2cnccn2)[C@@H](C(=O)NC2CCCCC2)c2sccc2C)cc1OC. The Morgan fingerprint density at radius 3 is 2.54 bits per heavy atom. The fraction of sp³-hybridized carbons (Fsp3) is 0.429. The molecule has 9 heteroatoms. The molecule has 196 valence electrons. The average Bonchev–Trinajstić information content (AvgIpc) is 3.36. The molecule has 8 nitrogen and oxygen atoms in total. The van der Waals surface area contributed by atoms with Gasteiger partial charge in [0.05, 0.1) is 20.4 Å². The van der Waals surface area contributed by atoms with Crippen molar-refractivity contribution in [2.45, 2.75) is 57.5 Å². The van der Waals surface area contributed by atoms with Gasteiger partial charge in [0.15, 0.2) is 11.5 Å². The molecule has 3 aromatic rings. The second-order valence-corrected chi connectivity index (χ2v) is 10.2. The molecule has 1 aliphatic rings. The number of amides is 2. The molecule has 0 aliphatic heterocycles. The Balaban J connectivity index is 1.67. The lowest BCUT2D eigenvalue weighted by atomic mass is 9.95. The van der Waals surface area contributed by atoms with Crippen LogP contribution in [0.3, 0.4) is 0 Å². The number of ether oxygens (including phenoxy) is 2. The number of methoxy groups -OCH3 is 2. The quantitative estimate of drug-likeness (QED) is 0.413. The van der Waals surface area contributed by atoms with Crippen LogP contribution in [-0.4, -0.2) is 53.5 Å². The number of aromatic nitrogens is 2. The first-order valence-corrected chi connectivity index (χ1v) is 13.5. The second kappa shape index (κ2) is 12.7. The van der Waals surface area contributed by atoms with E-state index in [1.54, 1.807) is 19.1 Å². The van der Waals surface area contributed by atoms with Gasteiger partial charge in [-0.15, -0.1) is 11.3 Å². The fourth-order valence-electron chi connectivity index (χ4n) is 4.78. The molecule has 1 aromatic carbocycles. The molecule has 0 unspecified atom stereocenters. The Hall–Kier alpha value is -3.46. The van der Waals surface area contributed by atoms with Crippen LogP contribution in [0.15, 0.2) is 48.2 Å². The molecule has 2 aromatic heterocycles. The van der Waals surface area contributed by atoms with Crippen molar-refractivity contribution in [2.24, 2.45) is 0 Å². The summed E-state index contributed by atoms with van der Waals surface area (Å²) in [6, 6.07) is 7.04. The highest BCUT2D eigenvalue weighted by Gasteiger charge is 2.35. The standard InChI is InChI=1S/C28H34N4O4S/c1-19-12-16-37-26(19)25(27(33)31-21-7-5-4-6-8-21)32(28(34)22-18-29-13-14-30-22)15-11-20-9-10-23(35-2)24(17-20)36-3/h9-10,12-14,16-18,21,25H,4-8,11,15H2,1-3H3,(H,31,33)/t25-/m1/s1. The lowest BCUT2D eigenvalue weighted by Crippen LogP contribution is -2.47. The van der Waals surface area contributed by atoms with Crippen LogP contribution in [0, 0.1) is 6.92 Å². The van der Waals surface area contributed by atoms with Gasteiger partial charge in [-0.05, 0) is 60.9 Å². The molecule has 1 aliphatic carbocycles. The zero-order valence-corrected chi connectivity index (χ0v) is 22.4. The minimum Gasteiger partial charge on any atom is -0.493 e. The number of hydrogen-bond donors (Lipinski definition) is 1. The number of aryl methyl sites for hydroxylation is 1. The summed E-state index contributed by atoms with van der Waals surface area (Å²) in [7, 11) is 3.19. The smallest absolute Gasteiger partial charge is 0.275 e. The van der Waals surface area contributed by atoms with Crippen LogP contribution in [0.1, 0.15) is 64.6 Å². The van der Waals surface area contributed by atoms with Gasteiger partial charge in [-0.25, -0.2) is 4.98 Å². The van der Waals surface area contributed by atoms with Crippen LogP contribution < -0.4 is 14.8 Å². The summed E-state index contributed by atoms with van der Waals surface area (Å²) >= 11 is 1.49. The summed E-state index contributed by atoms with van der Waals surface area (Å²) in [5.41, 5.74) is 2.15. The maximum Gasteiger partial charge on any atom is 0.275 e. The van der Waals surface area contributed by atoms with Crippen molar-refractivity contribution in [2.75, 3.05) is 20.8 Å². The van der Waals surface area contributed by atoms with Gasteiger partial charge in [-0.2, -0.15) is 0 Å². The molecule has 0 bridgehead atoms. The van der Waals surface area contributed by atoms with Crippen molar-refractivity contribution in [3.05, 3.63) is 69.9 Å². The number of thiophene rings is 1. The van der Waals surface area contributed by atoms with Crippen molar-refractivity contribution in [3.63, 3.8) is 0 Å². The molecule has 0 radical (unpaired) electrons. The third kappa shape index (κ3) is 6.46. The van der Waals surface area contributed by atoms with E-state index in [1.807, 2.05) is 36.6 Å². The lowest BCUT2D eigenvalue weighted by molar-refractivity contribution is -0.126. The molecule has 0 spiro atoms. The van der Waals surface area contributed by atoms with Gasteiger partial charge < -0.3 is 19.7 Å². The minimum absolute atomic E-state index is 0.128. The summed E-state index contributed by atoms with van der Waals surface area (Å²) in [5.74, 6) is 0.775. The van der Waals surface area contributed by atoms with Crippen LogP contribution in [-0.2, 0) is 11.2 Å². The summed E-state index contributed by atoms with van der Waals surface area (Å²) in [4.78, 5) is 38.5. The Labute approximate surface area is 222 Å². The van der Waals surface area contributed by atoms with Crippen LogP contribution in [0.25, 0.3) is 0 Å². The van der Waals surface area contributed by atoms with Crippen molar-refractivity contribution < 1.29 is 19.1 Å². The molecular weight excluding hydrogens is 488 g/mol. The number of nitrogens with one attached hydrogen (secondary N) is 1. The Morgan fingerprint density at radius 1 is 1.11 bits per heavy atom. The molecule has 1 atom stereocenters. The molecule has 2 amide bonds. The molecule has 37 heavy (non-hydrogen) atoms. The summed E-state index contributed by atoms with van der Waals surface area (Å²) in [5, 5.41) is 5.22. The number of carbonyl (C=O) groups is 2. The molecule has 1 saturated carbocycles. The zero-order valence-electron chi connectivity index (χ0n) is 21.6. The second-order valence-electron chi connectivity index (χ2n) is 9.24. The van der Waals surface area contributed by atoms with Gasteiger partial charge in [-0.1, -0.05) is 25.3 Å². The molecule has 2 heterocycles. The molecule has 0 saturated heterocycles. The van der Waals surface area contributed by atoms with Gasteiger partial charge in [-0.3, -0.25) is 14.6 Å². The number of nitrogens with zero attached hydrogens (tertiary/aromatic N) is 3. The van der Waals surface area contributed by atoms with Gasteiger partial charge in [0, 0.05) is 29.9 Å². The van der Waals surface area contributed by atoms with E-state index in [-0.39, 0.29) is 23.6 Å². The first-order chi connectivity index (χ1) is 18.0. The van der Waals surface area contributed by atoms with E-state index in [2.05, 4.69) is 15.3 Å². The first-order valence-electron chi connectivity index (χ1n) is 12.6. The predicted molar refractivity (Wildman–Crippen MR) is 143 cm³/mol. The minimum atomic E-state index is -0.767. The largest absolute Gasteiger partial charge is 0.493 e. The van der Waals surface area contributed by atoms with E-state index in [9.17, 15) is 9.59 Å². The maximum absolute atomic E-state index is 13.9. The summed E-state index contributed by atoms with van der Waals surface area (Å²) in [6.07, 6.45) is 10.3. The molecule has 1 N–H and O–H groups in total. The van der Waals surface area contributed by atoms with Crippen molar-refractivity contribution >= 4 is 23.2 Å².